The van der Waals surface area contributed by atoms with Crippen LogP contribution in [0, 0.1) is 0 Å². The molecule has 2 fully saturated rings. The predicted molar refractivity (Wildman–Crippen MR) is 71.3 cm³/mol. The molecule has 1 saturated carbocycles. The van der Waals surface area contributed by atoms with Gasteiger partial charge in [-0.25, -0.2) is 0 Å². The molecule has 0 bridgehead atoms. The van der Waals surface area contributed by atoms with Crippen LogP contribution in [-0.2, 0) is 4.79 Å². The smallest absolute Gasteiger partial charge is 0.242 e. The zero-order chi connectivity index (χ0) is 13.2. The monoisotopic (exact) mass is 254 g/mol. The summed E-state index contributed by atoms with van der Waals surface area (Å²) in [5.41, 5.74) is -0.426. The maximum atomic E-state index is 12.6. The van der Waals surface area contributed by atoms with Gasteiger partial charge < -0.3 is 15.3 Å². The lowest BCUT2D eigenvalue weighted by Crippen LogP contribution is -2.60. The van der Waals surface area contributed by atoms with Crippen molar-refractivity contribution in [3.05, 3.63) is 0 Å². The SMILES string of the molecule is CN(C(=O)C1(C)CCCCN1)C1CCCCC1O. The molecule has 0 radical (unpaired) electrons. The number of rotatable bonds is 2. The summed E-state index contributed by atoms with van der Waals surface area (Å²) in [4.78, 5) is 14.4. The van der Waals surface area contributed by atoms with E-state index < -0.39 is 5.54 Å². The van der Waals surface area contributed by atoms with E-state index in [0.717, 1.165) is 51.5 Å². The number of amides is 1. The number of nitrogens with zero attached hydrogens (tertiary/aromatic N) is 1. The Balaban J connectivity index is 2.02. The first-order chi connectivity index (χ1) is 8.54. The van der Waals surface area contributed by atoms with Crippen LogP contribution in [-0.4, -0.2) is 47.2 Å². The van der Waals surface area contributed by atoms with Crippen LogP contribution in [0.4, 0.5) is 0 Å². The summed E-state index contributed by atoms with van der Waals surface area (Å²) in [7, 11) is 1.85. The standard InChI is InChI=1S/C14H26N2O2/c1-14(9-5-6-10-15-14)13(18)16(2)11-7-3-4-8-12(11)17/h11-12,15,17H,3-10H2,1-2H3. The Morgan fingerprint density at radius 2 is 2.00 bits per heavy atom. The van der Waals surface area contributed by atoms with Crippen LogP contribution in [0.25, 0.3) is 0 Å². The van der Waals surface area contributed by atoms with Crippen molar-refractivity contribution in [3.63, 3.8) is 0 Å². The number of hydrogen-bond donors (Lipinski definition) is 2. The van der Waals surface area contributed by atoms with Crippen molar-refractivity contribution in [1.82, 2.24) is 10.2 Å². The number of piperidine rings is 1. The third-order valence-corrected chi connectivity index (χ3v) is 4.60. The molecule has 0 aromatic heterocycles. The molecule has 2 aliphatic rings. The number of likely N-dealkylation sites (N-methyl/N-ethyl adjacent to an activating group) is 1. The van der Waals surface area contributed by atoms with Gasteiger partial charge in [-0.2, -0.15) is 0 Å². The molecule has 3 unspecified atom stereocenters. The Morgan fingerprint density at radius 1 is 1.28 bits per heavy atom. The molecule has 0 aromatic carbocycles. The molecular weight excluding hydrogens is 228 g/mol. The summed E-state index contributed by atoms with van der Waals surface area (Å²) in [6.45, 7) is 2.92. The molecule has 4 nitrogen and oxygen atoms in total. The summed E-state index contributed by atoms with van der Waals surface area (Å²) >= 11 is 0. The minimum absolute atomic E-state index is 0.00630. The third-order valence-electron chi connectivity index (χ3n) is 4.60. The van der Waals surface area contributed by atoms with Crippen molar-refractivity contribution in [1.29, 1.82) is 0 Å². The molecular formula is C14H26N2O2. The maximum Gasteiger partial charge on any atom is 0.242 e. The quantitative estimate of drug-likeness (QED) is 0.780. The molecule has 1 heterocycles. The van der Waals surface area contributed by atoms with Crippen LogP contribution in [0.15, 0.2) is 0 Å². The lowest BCUT2D eigenvalue weighted by molar-refractivity contribution is -0.143. The van der Waals surface area contributed by atoms with Gasteiger partial charge in [0.2, 0.25) is 5.91 Å². The van der Waals surface area contributed by atoms with E-state index in [-0.39, 0.29) is 18.1 Å². The molecule has 4 heteroatoms. The summed E-state index contributed by atoms with van der Waals surface area (Å²) in [5, 5.41) is 13.4. The number of aliphatic hydroxyl groups is 1. The summed E-state index contributed by atoms with van der Waals surface area (Å²) in [6, 6.07) is 0.00630. The molecule has 3 atom stereocenters. The summed E-state index contributed by atoms with van der Waals surface area (Å²) in [5.74, 6) is 0.146. The van der Waals surface area contributed by atoms with Gasteiger partial charge in [-0.15, -0.1) is 0 Å². The second kappa shape index (κ2) is 5.57. The van der Waals surface area contributed by atoms with Gasteiger partial charge in [0, 0.05) is 7.05 Å². The van der Waals surface area contributed by atoms with E-state index in [9.17, 15) is 9.90 Å². The van der Waals surface area contributed by atoms with Gasteiger partial charge in [0.15, 0.2) is 0 Å². The Hall–Kier alpha value is -0.610. The van der Waals surface area contributed by atoms with Gasteiger partial charge in [0.25, 0.3) is 0 Å². The highest BCUT2D eigenvalue weighted by Gasteiger charge is 2.40. The molecule has 0 spiro atoms. The fourth-order valence-corrected chi connectivity index (χ4v) is 3.32. The minimum Gasteiger partial charge on any atom is -0.391 e. The van der Waals surface area contributed by atoms with E-state index in [1.165, 1.54) is 0 Å². The Kier molecular flexibility index (Phi) is 4.28. The predicted octanol–water partition coefficient (Wildman–Crippen LogP) is 1.28. The lowest BCUT2D eigenvalue weighted by Gasteiger charge is -2.42. The molecule has 2 N–H and O–H groups in total. The van der Waals surface area contributed by atoms with Crippen molar-refractivity contribution < 1.29 is 9.90 Å². The van der Waals surface area contributed by atoms with Crippen LogP contribution in [0.2, 0.25) is 0 Å². The van der Waals surface area contributed by atoms with Crippen molar-refractivity contribution in [3.8, 4) is 0 Å². The molecule has 0 aromatic rings. The van der Waals surface area contributed by atoms with E-state index in [1.54, 1.807) is 4.90 Å². The minimum atomic E-state index is -0.426. The first kappa shape index (κ1) is 13.8. The Morgan fingerprint density at radius 3 is 2.61 bits per heavy atom. The maximum absolute atomic E-state index is 12.6. The largest absolute Gasteiger partial charge is 0.391 e. The summed E-state index contributed by atoms with van der Waals surface area (Å²) in [6.07, 6.45) is 6.76. The Bertz CT molecular complexity index is 300. The number of nitrogens with one attached hydrogen (secondary N) is 1. The molecule has 2 rings (SSSR count). The Labute approximate surface area is 110 Å². The molecule has 104 valence electrons. The van der Waals surface area contributed by atoms with Gasteiger partial charge in [-0.05, 0) is 45.6 Å². The first-order valence-corrected chi connectivity index (χ1v) is 7.25. The average molecular weight is 254 g/mol. The van der Waals surface area contributed by atoms with Crippen LogP contribution < -0.4 is 5.32 Å². The second-order valence-corrected chi connectivity index (χ2v) is 6.05. The van der Waals surface area contributed by atoms with Gasteiger partial charge in [-0.3, -0.25) is 4.79 Å². The lowest BCUT2D eigenvalue weighted by atomic mass is 9.86. The molecule has 18 heavy (non-hydrogen) atoms. The molecule has 1 saturated heterocycles. The van der Waals surface area contributed by atoms with Crippen molar-refractivity contribution in [2.45, 2.75) is 69.6 Å². The molecule has 1 aliphatic heterocycles. The number of carbonyl (C=O) groups is 1. The van der Waals surface area contributed by atoms with E-state index in [1.807, 2.05) is 14.0 Å². The third kappa shape index (κ3) is 2.69. The topological polar surface area (TPSA) is 52.6 Å². The number of aliphatic hydroxyl groups excluding tert-OH is 1. The van der Waals surface area contributed by atoms with E-state index >= 15 is 0 Å². The zero-order valence-corrected chi connectivity index (χ0v) is 11.6. The average Bonchev–Trinajstić information content (AvgIpc) is 2.38. The van der Waals surface area contributed by atoms with Gasteiger partial charge in [-0.1, -0.05) is 12.8 Å². The summed E-state index contributed by atoms with van der Waals surface area (Å²) < 4.78 is 0. The number of hydrogen-bond acceptors (Lipinski definition) is 3. The normalized spacial score (nSPS) is 37.3. The molecule has 1 amide bonds. The van der Waals surface area contributed by atoms with Crippen LogP contribution in [0.5, 0.6) is 0 Å². The van der Waals surface area contributed by atoms with E-state index in [0.29, 0.717) is 0 Å². The fraction of sp³-hybridized carbons (Fsp3) is 0.929. The number of carbonyl (C=O) groups excluding carboxylic acids is 1. The van der Waals surface area contributed by atoms with E-state index in [4.69, 9.17) is 0 Å². The first-order valence-electron chi connectivity index (χ1n) is 7.25. The van der Waals surface area contributed by atoms with Crippen molar-refractivity contribution >= 4 is 5.91 Å². The fourth-order valence-electron chi connectivity index (χ4n) is 3.32. The second-order valence-electron chi connectivity index (χ2n) is 6.05. The molecule has 1 aliphatic carbocycles. The van der Waals surface area contributed by atoms with E-state index in [2.05, 4.69) is 5.32 Å². The van der Waals surface area contributed by atoms with Gasteiger partial charge in [0.1, 0.15) is 0 Å². The van der Waals surface area contributed by atoms with Gasteiger partial charge >= 0.3 is 0 Å². The van der Waals surface area contributed by atoms with Crippen LogP contribution >= 0.6 is 0 Å². The highest BCUT2D eigenvalue weighted by molar-refractivity contribution is 5.86. The van der Waals surface area contributed by atoms with Gasteiger partial charge in [0.05, 0.1) is 17.7 Å². The van der Waals surface area contributed by atoms with Crippen molar-refractivity contribution in [2.24, 2.45) is 0 Å². The highest BCUT2D eigenvalue weighted by atomic mass is 16.3. The van der Waals surface area contributed by atoms with Crippen LogP contribution in [0.1, 0.15) is 51.9 Å². The highest BCUT2D eigenvalue weighted by Crippen LogP contribution is 2.27. The zero-order valence-electron chi connectivity index (χ0n) is 11.6. The van der Waals surface area contributed by atoms with Crippen LogP contribution in [0.3, 0.4) is 0 Å². The van der Waals surface area contributed by atoms with Crippen molar-refractivity contribution in [2.75, 3.05) is 13.6 Å².